The first-order valence-corrected chi connectivity index (χ1v) is 4.13. The van der Waals surface area contributed by atoms with Crippen LogP contribution in [0.1, 0.15) is 13.8 Å². The lowest BCUT2D eigenvalue weighted by Gasteiger charge is -2.36. The van der Waals surface area contributed by atoms with Gasteiger partial charge in [-0.1, -0.05) is 13.2 Å². The zero-order valence-electron chi connectivity index (χ0n) is 8.01. The average Bonchev–Trinajstić information content (AvgIpc) is 1.88. The Morgan fingerprint density at radius 3 is 1.73 bits per heavy atom. The summed E-state index contributed by atoms with van der Waals surface area (Å²) in [6.07, 6.45) is 3.95. The number of quaternary nitrogens is 1. The van der Waals surface area contributed by atoms with Crippen LogP contribution in [0.2, 0.25) is 0 Å². The predicted molar refractivity (Wildman–Crippen MR) is 51.4 cm³/mol. The van der Waals surface area contributed by atoms with Crippen molar-refractivity contribution in [2.24, 2.45) is 0 Å². The van der Waals surface area contributed by atoms with E-state index in [9.17, 15) is 0 Å². The first-order valence-electron chi connectivity index (χ1n) is 4.13. The van der Waals surface area contributed by atoms with Gasteiger partial charge < -0.3 is 4.48 Å². The molecule has 0 rings (SSSR count). The van der Waals surface area contributed by atoms with E-state index < -0.39 is 0 Å². The molecule has 0 unspecified atom stereocenters. The van der Waals surface area contributed by atoms with Gasteiger partial charge in [0.15, 0.2) is 0 Å². The monoisotopic (exact) mass is 154 g/mol. The summed E-state index contributed by atoms with van der Waals surface area (Å²) >= 11 is 0. The van der Waals surface area contributed by atoms with Gasteiger partial charge in [0.05, 0.1) is 26.2 Å². The normalized spacial score (nSPS) is 11.6. The molecule has 0 spiro atoms. The van der Waals surface area contributed by atoms with Gasteiger partial charge in [-0.15, -0.1) is 0 Å². The van der Waals surface area contributed by atoms with Crippen LogP contribution in [0.5, 0.6) is 0 Å². The number of hydrogen-bond acceptors (Lipinski definition) is 0. The molecule has 0 radical (unpaired) electrons. The molecule has 0 aliphatic carbocycles. The van der Waals surface area contributed by atoms with E-state index in [1.54, 1.807) is 0 Å². The van der Waals surface area contributed by atoms with Crippen molar-refractivity contribution in [1.82, 2.24) is 0 Å². The molecule has 0 aromatic heterocycles. The van der Waals surface area contributed by atoms with Gasteiger partial charge in [0.25, 0.3) is 0 Å². The minimum absolute atomic E-state index is 0.631. The van der Waals surface area contributed by atoms with Crippen molar-refractivity contribution in [2.75, 3.05) is 20.1 Å². The number of rotatable bonds is 5. The maximum atomic E-state index is 3.76. The van der Waals surface area contributed by atoms with Gasteiger partial charge in [-0.05, 0) is 26.0 Å². The Labute approximate surface area is 70.6 Å². The van der Waals surface area contributed by atoms with Gasteiger partial charge in [0.2, 0.25) is 0 Å². The fourth-order valence-electron chi connectivity index (χ4n) is 1.09. The van der Waals surface area contributed by atoms with E-state index in [4.69, 9.17) is 0 Å². The van der Waals surface area contributed by atoms with Crippen molar-refractivity contribution in [2.45, 2.75) is 19.9 Å². The van der Waals surface area contributed by atoms with Crippen LogP contribution < -0.4 is 0 Å². The Balaban J connectivity index is 4.23. The summed E-state index contributed by atoms with van der Waals surface area (Å²) in [4.78, 5) is 0. The van der Waals surface area contributed by atoms with Gasteiger partial charge in [-0.2, -0.15) is 0 Å². The fourth-order valence-corrected chi connectivity index (χ4v) is 1.09. The molecule has 0 atom stereocenters. The Morgan fingerprint density at radius 1 is 1.18 bits per heavy atom. The van der Waals surface area contributed by atoms with Gasteiger partial charge >= 0.3 is 0 Å². The van der Waals surface area contributed by atoms with E-state index in [1.165, 1.54) is 0 Å². The SMILES string of the molecule is C=CC[N+](C)(CC=C)C(C)C. The van der Waals surface area contributed by atoms with E-state index >= 15 is 0 Å². The van der Waals surface area contributed by atoms with Crippen LogP contribution in [0.4, 0.5) is 0 Å². The molecular weight excluding hydrogens is 134 g/mol. The zero-order chi connectivity index (χ0) is 8.91. The van der Waals surface area contributed by atoms with Crippen molar-refractivity contribution in [3.05, 3.63) is 25.3 Å². The molecule has 1 heteroatoms. The number of hydrogen-bond donors (Lipinski definition) is 0. The van der Waals surface area contributed by atoms with Crippen molar-refractivity contribution in [3.63, 3.8) is 0 Å². The van der Waals surface area contributed by atoms with E-state index in [1.807, 2.05) is 12.2 Å². The largest absolute Gasteiger partial charge is 0.318 e. The molecule has 0 bridgehead atoms. The molecule has 0 N–H and O–H groups in total. The highest BCUT2D eigenvalue weighted by Gasteiger charge is 2.21. The maximum absolute atomic E-state index is 3.76. The molecule has 0 aromatic carbocycles. The smallest absolute Gasteiger partial charge is 0.0973 e. The van der Waals surface area contributed by atoms with Gasteiger partial charge in [0.1, 0.15) is 0 Å². The highest BCUT2D eigenvalue weighted by molar-refractivity contribution is 4.71. The van der Waals surface area contributed by atoms with Crippen molar-refractivity contribution >= 4 is 0 Å². The van der Waals surface area contributed by atoms with Crippen molar-refractivity contribution < 1.29 is 4.48 Å². The average molecular weight is 154 g/mol. The van der Waals surface area contributed by atoms with Crippen LogP contribution in [0, 0.1) is 0 Å². The molecule has 0 aromatic rings. The molecule has 1 nitrogen and oxygen atoms in total. The third-order valence-corrected chi connectivity index (χ3v) is 2.34. The topological polar surface area (TPSA) is 0 Å². The summed E-state index contributed by atoms with van der Waals surface area (Å²) in [6, 6.07) is 0.631. The van der Waals surface area contributed by atoms with Crippen molar-refractivity contribution in [1.29, 1.82) is 0 Å². The number of nitrogens with zero attached hydrogens (tertiary/aromatic N) is 1. The summed E-state index contributed by atoms with van der Waals surface area (Å²) < 4.78 is 1.01. The lowest BCUT2D eigenvalue weighted by atomic mass is 10.2. The summed E-state index contributed by atoms with van der Waals surface area (Å²) in [5.74, 6) is 0. The molecule has 0 aliphatic heterocycles. The summed E-state index contributed by atoms with van der Waals surface area (Å²) in [7, 11) is 2.23. The number of likely N-dealkylation sites (N-methyl/N-ethyl adjacent to an activating group) is 1. The standard InChI is InChI=1S/C10H20N/c1-6-8-11(5,9-7-2)10(3)4/h6-7,10H,1-2,8-9H2,3-5H3/q+1. The van der Waals surface area contributed by atoms with Gasteiger partial charge in [0, 0.05) is 0 Å². The molecule has 0 saturated heterocycles. The molecule has 0 fully saturated rings. The Bertz CT molecular complexity index is 126. The highest BCUT2D eigenvalue weighted by Crippen LogP contribution is 2.09. The Hall–Kier alpha value is -0.560. The van der Waals surface area contributed by atoms with Crippen LogP contribution in [-0.4, -0.2) is 30.7 Å². The molecule has 11 heavy (non-hydrogen) atoms. The van der Waals surface area contributed by atoms with Crippen LogP contribution in [0.3, 0.4) is 0 Å². The van der Waals surface area contributed by atoms with Crippen LogP contribution in [-0.2, 0) is 0 Å². The summed E-state index contributed by atoms with van der Waals surface area (Å²) in [6.45, 7) is 14.0. The minimum atomic E-state index is 0.631. The van der Waals surface area contributed by atoms with E-state index in [0.717, 1.165) is 17.6 Å². The predicted octanol–water partition coefficient (Wildman–Crippen LogP) is 2.21. The fraction of sp³-hybridized carbons (Fsp3) is 0.600. The second-order valence-electron chi connectivity index (χ2n) is 3.52. The third-order valence-electron chi connectivity index (χ3n) is 2.34. The van der Waals surface area contributed by atoms with Crippen molar-refractivity contribution in [3.8, 4) is 0 Å². The molecule has 0 heterocycles. The molecule has 0 amide bonds. The zero-order valence-corrected chi connectivity index (χ0v) is 8.01. The highest BCUT2D eigenvalue weighted by atomic mass is 15.3. The Morgan fingerprint density at radius 2 is 1.55 bits per heavy atom. The van der Waals surface area contributed by atoms with E-state index in [2.05, 4.69) is 34.1 Å². The third kappa shape index (κ3) is 2.89. The van der Waals surface area contributed by atoms with E-state index in [0.29, 0.717) is 6.04 Å². The maximum Gasteiger partial charge on any atom is 0.0973 e. The van der Waals surface area contributed by atoms with Gasteiger partial charge in [-0.25, -0.2) is 0 Å². The van der Waals surface area contributed by atoms with Crippen LogP contribution in [0.15, 0.2) is 25.3 Å². The lowest BCUT2D eigenvalue weighted by Crippen LogP contribution is -2.49. The molecule has 64 valence electrons. The quantitative estimate of drug-likeness (QED) is 0.421. The molecule has 0 saturated carbocycles. The second kappa shape index (κ2) is 4.35. The van der Waals surface area contributed by atoms with Crippen LogP contribution >= 0.6 is 0 Å². The van der Waals surface area contributed by atoms with Crippen LogP contribution in [0.25, 0.3) is 0 Å². The first kappa shape index (κ1) is 10.4. The summed E-state index contributed by atoms with van der Waals surface area (Å²) in [5.41, 5.74) is 0. The molecule has 0 aliphatic rings. The summed E-state index contributed by atoms with van der Waals surface area (Å²) in [5, 5.41) is 0. The second-order valence-corrected chi connectivity index (χ2v) is 3.52. The molecular formula is C10H20N+. The minimum Gasteiger partial charge on any atom is -0.318 e. The Kier molecular flexibility index (Phi) is 4.12. The van der Waals surface area contributed by atoms with E-state index in [-0.39, 0.29) is 0 Å². The van der Waals surface area contributed by atoms with Gasteiger partial charge in [-0.3, -0.25) is 0 Å². The lowest BCUT2D eigenvalue weighted by molar-refractivity contribution is -0.918. The first-order chi connectivity index (χ1) is 5.06.